The third kappa shape index (κ3) is 4.75. The summed E-state index contributed by atoms with van der Waals surface area (Å²) in [7, 11) is 1.51. The molecule has 3 amide bonds. The Kier molecular flexibility index (Phi) is 6.31. The fourth-order valence-corrected chi connectivity index (χ4v) is 3.12. The van der Waals surface area contributed by atoms with Crippen molar-refractivity contribution in [1.82, 2.24) is 0 Å². The Bertz CT molecular complexity index is 973. The van der Waals surface area contributed by atoms with Crippen LogP contribution in [0.25, 0.3) is 0 Å². The summed E-state index contributed by atoms with van der Waals surface area (Å²) in [6.07, 6.45) is -0.00686. The summed E-state index contributed by atoms with van der Waals surface area (Å²) in [6, 6.07) is 13.0. The Labute approximate surface area is 172 Å². The highest BCUT2D eigenvalue weighted by atomic mass is 16.5. The highest BCUT2D eigenvalue weighted by Crippen LogP contribution is 2.33. The summed E-state index contributed by atoms with van der Waals surface area (Å²) in [5.74, 6) is -2.11. The standard InChI is InChI=1S/C21H21N3O6/c1-29-17-5-3-2-4-16(17)24-11-14(10-19(24)26)21(28)30-12-18(25)23-15-8-6-13(7-9-15)20(22)27/h2-9,14H,10-12H2,1H3,(H2,22,27)(H,23,25)/t14-/m1/s1. The molecular formula is C21H21N3O6. The third-order valence-electron chi connectivity index (χ3n) is 4.63. The fraction of sp³-hybridized carbons (Fsp3) is 0.238. The predicted molar refractivity (Wildman–Crippen MR) is 108 cm³/mol. The largest absolute Gasteiger partial charge is 0.495 e. The lowest BCUT2D eigenvalue weighted by Gasteiger charge is -2.19. The van der Waals surface area contributed by atoms with Crippen LogP contribution in [0.3, 0.4) is 0 Å². The molecule has 0 unspecified atom stereocenters. The molecule has 1 heterocycles. The maximum absolute atomic E-state index is 12.4. The monoisotopic (exact) mass is 411 g/mol. The molecule has 1 fully saturated rings. The molecular weight excluding hydrogens is 390 g/mol. The van der Waals surface area contributed by atoms with E-state index in [2.05, 4.69) is 5.32 Å². The molecule has 30 heavy (non-hydrogen) atoms. The smallest absolute Gasteiger partial charge is 0.311 e. The number of hydrogen-bond donors (Lipinski definition) is 2. The summed E-state index contributed by atoms with van der Waals surface area (Å²) in [5.41, 5.74) is 6.48. The molecule has 2 aromatic rings. The normalized spacial score (nSPS) is 15.6. The zero-order chi connectivity index (χ0) is 21.7. The topological polar surface area (TPSA) is 128 Å². The molecule has 3 rings (SSSR count). The average molecular weight is 411 g/mol. The Morgan fingerprint density at radius 3 is 2.50 bits per heavy atom. The molecule has 3 N–H and O–H groups in total. The molecule has 0 spiro atoms. The number of hydrogen-bond acceptors (Lipinski definition) is 6. The van der Waals surface area contributed by atoms with Crippen LogP contribution in [-0.4, -0.2) is 44.0 Å². The van der Waals surface area contributed by atoms with Gasteiger partial charge in [0, 0.05) is 24.2 Å². The van der Waals surface area contributed by atoms with Crippen molar-refractivity contribution in [3.63, 3.8) is 0 Å². The minimum absolute atomic E-state index is 0.00686. The second-order valence-corrected chi connectivity index (χ2v) is 6.67. The predicted octanol–water partition coefficient (Wildman–Crippen LogP) is 1.33. The number of nitrogens with two attached hydrogens (primary N) is 1. The first-order chi connectivity index (χ1) is 14.4. The summed E-state index contributed by atoms with van der Waals surface area (Å²) in [5, 5.41) is 2.55. The summed E-state index contributed by atoms with van der Waals surface area (Å²) in [4.78, 5) is 49.2. The maximum atomic E-state index is 12.4. The van der Waals surface area contributed by atoms with Gasteiger partial charge in [0.1, 0.15) is 5.75 Å². The van der Waals surface area contributed by atoms with E-state index in [1.807, 2.05) is 0 Å². The Hall–Kier alpha value is -3.88. The highest BCUT2D eigenvalue weighted by molar-refractivity contribution is 6.01. The van der Waals surface area contributed by atoms with Crippen molar-refractivity contribution >= 4 is 35.1 Å². The lowest BCUT2D eigenvalue weighted by atomic mass is 10.1. The van der Waals surface area contributed by atoms with Gasteiger partial charge in [0.05, 0.1) is 18.7 Å². The third-order valence-corrected chi connectivity index (χ3v) is 4.63. The molecule has 1 saturated heterocycles. The minimum Gasteiger partial charge on any atom is -0.495 e. The Morgan fingerprint density at radius 2 is 1.83 bits per heavy atom. The summed E-state index contributed by atoms with van der Waals surface area (Å²) < 4.78 is 10.3. The van der Waals surface area contributed by atoms with E-state index in [1.54, 1.807) is 24.3 Å². The molecule has 156 valence electrons. The van der Waals surface area contributed by atoms with Crippen molar-refractivity contribution < 1.29 is 28.7 Å². The zero-order valence-electron chi connectivity index (χ0n) is 16.3. The van der Waals surface area contributed by atoms with Crippen LogP contribution in [0.2, 0.25) is 0 Å². The molecule has 0 aromatic heterocycles. The molecule has 0 bridgehead atoms. The van der Waals surface area contributed by atoms with Gasteiger partial charge in [-0.15, -0.1) is 0 Å². The van der Waals surface area contributed by atoms with Gasteiger partial charge in [-0.25, -0.2) is 0 Å². The van der Waals surface area contributed by atoms with Crippen LogP contribution in [0.4, 0.5) is 11.4 Å². The quantitative estimate of drug-likeness (QED) is 0.662. The van der Waals surface area contributed by atoms with Crippen molar-refractivity contribution in [1.29, 1.82) is 0 Å². The summed E-state index contributed by atoms with van der Waals surface area (Å²) >= 11 is 0. The van der Waals surface area contributed by atoms with Crippen molar-refractivity contribution in [3.05, 3.63) is 54.1 Å². The minimum atomic E-state index is -0.676. The molecule has 9 nitrogen and oxygen atoms in total. The number of amides is 3. The fourth-order valence-electron chi connectivity index (χ4n) is 3.12. The summed E-state index contributed by atoms with van der Waals surface area (Å²) in [6.45, 7) is -0.343. The number of rotatable bonds is 7. The van der Waals surface area contributed by atoms with E-state index >= 15 is 0 Å². The van der Waals surface area contributed by atoms with Gasteiger partial charge < -0.3 is 25.4 Å². The number of ether oxygens (including phenoxy) is 2. The number of anilines is 2. The van der Waals surface area contributed by atoms with E-state index in [-0.39, 0.29) is 18.9 Å². The number of esters is 1. The Morgan fingerprint density at radius 1 is 1.13 bits per heavy atom. The first kappa shape index (κ1) is 20.8. The van der Waals surface area contributed by atoms with Gasteiger partial charge in [0.25, 0.3) is 5.91 Å². The molecule has 1 atom stereocenters. The number of nitrogens with one attached hydrogen (secondary N) is 1. The van der Waals surface area contributed by atoms with E-state index in [4.69, 9.17) is 15.2 Å². The molecule has 1 aliphatic heterocycles. The van der Waals surface area contributed by atoms with Gasteiger partial charge in [0.15, 0.2) is 6.61 Å². The number of benzene rings is 2. The van der Waals surface area contributed by atoms with Crippen molar-refractivity contribution in [2.24, 2.45) is 11.7 Å². The Balaban J connectivity index is 1.53. The number of primary amides is 1. The van der Waals surface area contributed by atoms with Crippen molar-refractivity contribution in [2.75, 3.05) is 30.5 Å². The van der Waals surface area contributed by atoms with Crippen LogP contribution in [0.15, 0.2) is 48.5 Å². The second kappa shape index (κ2) is 9.08. The van der Waals surface area contributed by atoms with Crippen LogP contribution in [0.5, 0.6) is 5.75 Å². The van der Waals surface area contributed by atoms with Crippen LogP contribution in [0, 0.1) is 5.92 Å². The number of para-hydroxylation sites is 2. The van der Waals surface area contributed by atoms with E-state index in [9.17, 15) is 19.2 Å². The van der Waals surface area contributed by atoms with Gasteiger partial charge in [-0.05, 0) is 36.4 Å². The molecule has 0 saturated carbocycles. The van der Waals surface area contributed by atoms with E-state index in [0.717, 1.165) is 0 Å². The van der Waals surface area contributed by atoms with Gasteiger partial charge in [-0.2, -0.15) is 0 Å². The first-order valence-electron chi connectivity index (χ1n) is 9.18. The van der Waals surface area contributed by atoms with Crippen LogP contribution in [-0.2, 0) is 19.1 Å². The van der Waals surface area contributed by atoms with E-state index in [0.29, 0.717) is 22.7 Å². The lowest BCUT2D eigenvalue weighted by Crippen LogP contribution is -2.28. The van der Waals surface area contributed by atoms with Gasteiger partial charge in [0.2, 0.25) is 11.8 Å². The van der Waals surface area contributed by atoms with Crippen LogP contribution in [0.1, 0.15) is 16.8 Å². The van der Waals surface area contributed by atoms with E-state index in [1.165, 1.54) is 36.3 Å². The van der Waals surface area contributed by atoms with Gasteiger partial charge in [-0.1, -0.05) is 12.1 Å². The number of carbonyl (C=O) groups excluding carboxylic acids is 4. The SMILES string of the molecule is COc1ccccc1N1C[C@H](C(=O)OCC(=O)Nc2ccc(C(N)=O)cc2)CC1=O. The average Bonchev–Trinajstić information content (AvgIpc) is 3.14. The number of methoxy groups -OCH3 is 1. The lowest BCUT2D eigenvalue weighted by molar-refractivity contribution is -0.151. The first-order valence-corrected chi connectivity index (χ1v) is 9.18. The molecule has 9 heteroatoms. The molecule has 0 aliphatic carbocycles. The molecule has 0 radical (unpaired) electrons. The van der Waals surface area contributed by atoms with Crippen LogP contribution < -0.4 is 20.7 Å². The molecule has 2 aromatic carbocycles. The number of nitrogens with zero attached hydrogens (tertiary/aromatic N) is 1. The van der Waals surface area contributed by atoms with E-state index < -0.39 is 30.3 Å². The van der Waals surface area contributed by atoms with Crippen LogP contribution >= 0.6 is 0 Å². The van der Waals surface area contributed by atoms with Gasteiger partial charge in [-0.3, -0.25) is 19.2 Å². The maximum Gasteiger partial charge on any atom is 0.311 e. The number of carbonyl (C=O) groups is 4. The zero-order valence-corrected chi connectivity index (χ0v) is 16.3. The van der Waals surface area contributed by atoms with Gasteiger partial charge >= 0.3 is 5.97 Å². The highest BCUT2D eigenvalue weighted by Gasteiger charge is 2.37. The van der Waals surface area contributed by atoms with Crippen molar-refractivity contribution in [2.45, 2.75) is 6.42 Å². The molecule has 1 aliphatic rings. The second-order valence-electron chi connectivity index (χ2n) is 6.67. The van der Waals surface area contributed by atoms with Crippen molar-refractivity contribution in [3.8, 4) is 5.75 Å².